The zero-order chi connectivity index (χ0) is 10.4. The van der Waals surface area contributed by atoms with Crippen LogP contribution in [0.2, 0.25) is 0 Å². The minimum atomic E-state index is 0.108. The number of anilines is 1. The van der Waals surface area contributed by atoms with E-state index in [0.717, 1.165) is 11.4 Å². The lowest BCUT2D eigenvalue weighted by Gasteiger charge is -2.10. The van der Waals surface area contributed by atoms with Crippen molar-refractivity contribution in [2.24, 2.45) is 0 Å². The zero-order valence-corrected chi connectivity index (χ0v) is 8.54. The van der Waals surface area contributed by atoms with Gasteiger partial charge >= 0.3 is 0 Å². The maximum Gasteiger partial charge on any atom is 0.148 e. The molecule has 0 aliphatic rings. The molecule has 0 radical (unpaired) electrons. The Morgan fingerprint density at radius 2 is 2.14 bits per heavy atom. The van der Waals surface area contributed by atoms with Gasteiger partial charge in [-0.2, -0.15) is 0 Å². The number of hydrogen-bond acceptors (Lipinski definition) is 3. The largest absolute Gasteiger partial charge is 0.492 e. The average molecular weight is 193 g/mol. The van der Waals surface area contributed by atoms with Crippen molar-refractivity contribution in [2.75, 3.05) is 18.5 Å². The topological polar surface area (TPSA) is 38.3 Å². The van der Waals surface area contributed by atoms with Gasteiger partial charge in [-0.15, -0.1) is 0 Å². The SMILES string of the molecule is CCOc1ccccc1NCC(C)=O. The first-order valence-corrected chi connectivity index (χ1v) is 4.69. The van der Waals surface area contributed by atoms with Gasteiger partial charge in [-0.1, -0.05) is 12.1 Å². The van der Waals surface area contributed by atoms with Crippen LogP contribution in [0.3, 0.4) is 0 Å². The van der Waals surface area contributed by atoms with E-state index in [1.54, 1.807) is 6.92 Å². The molecule has 1 N–H and O–H groups in total. The molecule has 0 saturated heterocycles. The summed E-state index contributed by atoms with van der Waals surface area (Å²) in [5.41, 5.74) is 0.865. The molecule has 0 spiro atoms. The van der Waals surface area contributed by atoms with Gasteiger partial charge in [-0.3, -0.25) is 4.79 Å². The van der Waals surface area contributed by atoms with Crippen LogP contribution in [0.1, 0.15) is 13.8 Å². The molecular weight excluding hydrogens is 178 g/mol. The van der Waals surface area contributed by atoms with Gasteiger partial charge < -0.3 is 10.1 Å². The summed E-state index contributed by atoms with van der Waals surface area (Å²) in [6, 6.07) is 7.59. The Labute approximate surface area is 84.1 Å². The second kappa shape index (κ2) is 5.27. The maximum atomic E-state index is 10.8. The van der Waals surface area contributed by atoms with E-state index >= 15 is 0 Å². The van der Waals surface area contributed by atoms with Gasteiger partial charge in [0, 0.05) is 0 Å². The summed E-state index contributed by atoms with van der Waals surface area (Å²) in [5.74, 6) is 0.896. The molecule has 3 heteroatoms. The van der Waals surface area contributed by atoms with Crippen molar-refractivity contribution < 1.29 is 9.53 Å². The summed E-state index contributed by atoms with van der Waals surface area (Å²) in [6.45, 7) is 4.45. The summed E-state index contributed by atoms with van der Waals surface area (Å²) >= 11 is 0. The lowest BCUT2D eigenvalue weighted by molar-refractivity contribution is -0.115. The molecule has 1 aromatic rings. The van der Waals surface area contributed by atoms with Crippen molar-refractivity contribution in [2.45, 2.75) is 13.8 Å². The molecular formula is C11H15NO2. The number of Topliss-reactive ketones (excluding diaryl/α,β-unsaturated/α-hetero) is 1. The van der Waals surface area contributed by atoms with Gasteiger partial charge in [-0.25, -0.2) is 0 Å². The molecule has 0 heterocycles. The standard InChI is InChI=1S/C11H15NO2/c1-3-14-11-7-5-4-6-10(11)12-8-9(2)13/h4-7,12H,3,8H2,1-2H3. The second-order valence-electron chi connectivity index (χ2n) is 2.98. The first-order chi connectivity index (χ1) is 6.74. The zero-order valence-electron chi connectivity index (χ0n) is 8.54. The number of rotatable bonds is 5. The first kappa shape index (κ1) is 10.6. The van der Waals surface area contributed by atoms with E-state index in [4.69, 9.17) is 4.74 Å². The minimum Gasteiger partial charge on any atom is -0.492 e. The molecule has 3 nitrogen and oxygen atoms in total. The Morgan fingerprint density at radius 1 is 1.43 bits per heavy atom. The van der Waals surface area contributed by atoms with Crippen molar-refractivity contribution in [3.63, 3.8) is 0 Å². The minimum absolute atomic E-state index is 0.108. The van der Waals surface area contributed by atoms with Gasteiger partial charge in [0.25, 0.3) is 0 Å². The van der Waals surface area contributed by atoms with Crippen LogP contribution in [0.5, 0.6) is 5.75 Å². The van der Waals surface area contributed by atoms with Gasteiger partial charge in [0.15, 0.2) is 0 Å². The monoisotopic (exact) mass is 193 g/mol. The number of ether oxygens (including phenoxy) is 1. The van der Waals surface area contributed by atoms with Crippen molar-refractivity contribution in [1.82, 2.24) is 0 Å². The van der Waals surface area contributed by atoms with Crippen LogP contribution in [0.15, 0.2) is 24.3 Å². The Morgan fingerprint density at radius 3 is 2.79 bits per heavy atom. The predicted octanol–water partition coefficient (Wildman–Crippen LogP) is 2.09. The van der Waals surface area contributed by atoms with Crippen LogP contribution in [-0.2, 0) is 4.79 Å². The number of benzene rings is 1. The van der Waals surface area contributed by atoms with Crippen LogP contribution in [0.4, 0.5) is 5.69 Å². The van der Waals surface area contributed by atoms with E-state index in [1.165, 1.54) is 0 Å². The van der Waals surface area contributed by atoms with E-state index in [2.05, 4.69) is 5.32 Å². The first-order valence-electron chi connectivity index (χ1n) is 4.69. The van der Waals surface area contributed by atoms with Crippen molar-refractivity contribution in [3.05, 3.63) is 24.3 Å². The third kappa shape index (κ3) is 3.09. The fourth-order valence-electron chi connectivity index (χ4n) is 1.11. The highest BCUT2D eigenvalue weighted by molar-refractivity contribution is 5.80. The Balaban J connectivity index is 2.68. The molecule has 0 saturated carbocycles. The molecule has 0 aliphatic heterocycles. The average Bonchev–Trinajstić information content (AvgIpc) is 2.17. The molecule has 0 aliphatic carbocycles. The molecule has 0 amide bonds. The lowest BCUT2D eigenvalue weighted by atomic mass is 10.3. The van der Waals surface area contributed by atoms with Crippen LogP contribution in [0.25, 0.3) is 0 Å². The summed E-state index contributed by atoms with van der Waals surface area (Å²) in [7, 11) is 0. The van der Waals surface area contributed by atoms with E-state index in [0.29, 0.717) is 13.2 Å². The van der Waals surface area contributed by atoms with Gasteiger partial charge in [0.2, 0.25) is 0 Å². The third-order valence-electron chi connectivity index (χ3n) is 1.71. The summed E-state index contributed by atoms with van der Waals surface area (Å²) in [4.78, 5) is 10.8. The molecule has 1 rings (SSSR count). The Bertz CT molecular complexity index is 310. The lowest BCUT2D eigenvalue weighted by Crippen LogP contribution is -2.10. The molecule has 14 heavy (non-hydrogen) atoms. The fourth-order valence-corrected chi connectivity index (χ4v) is 1.11. The van der Waals surface area contributed by atoms with Crippen molar-refractivity contribution in [1.29, 1.82) is 0 Å². The number of para-hydroxylation sites is 2. The molecule has 1 aromatic carbocycles. The highest BCUT2D eigenvalue weighted by Gasteiger charge is 2.01. The predicted molar refractivity (Wildman–Crippen MR) is 56.8 cm³/mol. The quantitative estimate of drug-likeness (QED) is 0.778. The van der Waals surface area contributed by atoms with Crippen LogP contribution in [-0.4, -0.2) is 18.9 Å². The third-order valence-corrected chi connectivity index (χ3v) is 1.71. The fraction of sp³-hybridized carbons (Fsp3) is 0.364. The maximum absolute atomic E-state index is 10.8. The highest BCUT2D eigenvalue weighted by atomic mass is 16.5. The number of ketones is 1. The number of carbonyl (C=O) groups is 1. The van der Waals surface area contributed by atoms with Crippen LogP contribution in [0, 0.1) is 0 Å². The molecule has 0 unspecified atom stereocenters. The van der Waals surface area contributed by atoms with E-state index in [-0.39, 0.29) is 5.78 Å². The van der Waals surface area contributed by atoms with Crippen LogP contribution < -0.4 is 10.1 Å². The highest BCUT2D eigenvalue weighted by Crippen LogP contribution is 2.23. The molecule has 0 atom stereocenters. The van der Waals surface area contributed by atoms with E-state index < -0.39 is 0 Å². The Hall–Kier alpha value is -1.51. The van der Waals surface area contributed by atoms with Gasteiger partial charge in [0.05, 0.1) is 18.8 Å². The smallest absolute Gasteiger partial charge is 0.148 e. The number of carbonyl (C=O) groups excluding carboxylic acids is 1. The molecule has 76 valence electrons. The summed E-state index contributed by atoms with van der Waals surface area (Å²) in [5, 5.41) is 3.02. The van der Waals surface area contributed by atoms with Crippen molar-refractivity contribution >= 4 is 11.5 Å². The second-order valence-corrected chi connectivity index (χ2v) is 2.98. The van der Waals surface area contributed by atoms with E-state index in [9.17, 15) is 4.79 Å². The van der Waals surface area contributed by atoms with E-state index in [1.807, 2.05) is 31.2 Å². The molecule has 0 bridgehead atoms. The molecule has 0 fully saturated rings. The molecule has 0 aromatic heterocycles. The Kier molecular flexibility index (Phi) is 3.98. The number of nitrogens with one attached hydrogen (secondary N) is 1. The van der Waals surface area contributed by atoms with Gasteiger partial charge in [0.1, 0.15) is 11.5 Å². The van der Waals surface area contributed by atoms with Gasteiger partial charge in [-0.05, 0) is 26.0 Å². The summed E-state index contributed by atoms with van der Waals surface area (Å²) < 4.78 is 5.40. The van der Waals surface area contributed by atoms with Crippen molar-refractivity contribution in [3.8, 4) is 5.75 Å². The number of hydrogen-bond donors (Lipinski definition) is 1. The normalized spacial score (nSPS) is 9.57. The van der Waals surface area contributed by atoms with Crippen LogP contribution >= 0.6 is 0 Å². The summed E-state index contributed by atoms with van der Waals surface area (Å²) in [6.07, 6.45) is 0.